The van der Waals surface area contributed by atoms with Crippen LogP contribution >= 0.6 is 0 Å². The molecule has 18 heavy (non-hydrogen) atoms. The molecule has 0 N–H and O–H groups in total. The predicted molar refractivity (Wildman–Crippen MR) is 66.1 cm³/mol. The van der Waals surface area contributed by atoms with Crippen LogP contribution in [0.5, 0.6) is 0 Å². The third-order valence-corrected chi connectivity index (χ3v) is 3.33. The third kappa shape index (κ3) is 3.13. The Kier molecular flexibility index (Phi) is 4.07. The molecule has 2 heterocycles. The summed E-state index contributed by atoms with van der Waals surface area (Å²) < 4.78 is 16.2. The topological polar surface area (TPSA) is 48.7 Å². The summed E-state index contributed by atoms with van der Waals surface area (Å²) in [5, 5.41) is 0. The summed E-state index contributed by atoms with van der Waals surface area (Å²) in [5.41, 5.74) is 0.945. The number of furan rings is 1. The fourth-order valence-corrected chi connectivity index (χ4v) is 2.31. The highest BCUT2D eigenvalue weighted by Crippen LogP contribution is 2.22. The highest BCUT2D eigenvalue weighted by atomic mass is 16.5. The van der Waals surface area contributed by atoms with Gasteiger partial charge in [0.15, 0.2) is 0 Å². The number of rotatable bonds is 3. The Hall–Kier alpha value is -1.29. The van der Waals surface area contributed by atoms with Gasteiger partial charge in [0, 0.05) is 12.2 Å². The van der Waals surface area contributed by atoms with Crippen molar-refractivity contribution in [3.05, 3.63) is 23.2 Å². The molecule has 0 aromatic carbocycles. The maximum atomic E-state index is 11.9. The van der Waals surface area contributed by atoms with E-state index in [1.165, 1.54) is 0 Å². The molecule has 0 saturated carbocycles. The first-order valence-electron chi connectivity index (χ1n) is 6.40. The van der Waals surface area contributed by atoms with Crippen molar-refractivity contribution in [2.45, 2.75) is 46.3 Å². The van der Waals surface area contributed by atoms with Crippen LogP contribution < -0.4 is 0 Å². The Morgan fingerprint density at radius 3 is 2.89 bits per heavy atom. The highest BCUT2D eigenvalue weighted by Gasteiger charge is 2.27. The van der Waals surface area contributed by atoms with E-state index in [9.17, 15) is 4.79 Å². The summed E-state index contributed by atoms with van der Waals surface area (Å²) >= 11 is 0. The van der Waals surface area contributed by atoms with E-state index < -0.39 is 0 Å². The largest absolute Gasteiger partial charge is 0.466 e. The molecular weight excluding hydrogens is 232 g/mol. The van der Waals surface area contributed by atoms with Crippen LogP contribution in [0.2, 0.25) is 0 Å². The van der Waals surface area contributed by atoms with E-state index in [0.29, 0.717) is 13.2 Å². The quantitative estimate of drug-likeness (QED) is 0.776. The van der Waals surface area contributed by atoms with Crippen molar-refractivity contribution in [3.8, 4) is 0 Å². The summed E-state index contributed by atoms with van der Waals surface area (Å²) in [4.78, 5) is 11.9. The van der Waals surface area contributed by atoms with E-state index >= 15 is 0 Å². The molecule has 1 aliphatic rings. The van der Waals surface area contributed by atoms with Gasteiger partial charge in [0.1, 0.15) is 18.1 Å². The van der Waals surface area contributed by atoms with E-state index in [1.54, 1.807) is 0 Å². The molecule has 1 fully saturated rings. The smallest absolute Gasteiger partial charge is 0.309 e. The van der Waals surface area contributed by atoms with Crippen molar-refractivity contribution in [2.75, 3.05) is 6.61 Å². The van der Waals surface area contributed by atoms with Gasteiger partial charge in [-0.05, 0) is 39.7 Å². The lowest BCUT2D eigenvalue weighted by Gasteiger charge is -2.25. The lowest BCUT2D eigenvalue weighted by atomic mass is 9.96. The van der Waals surface area contributed by atoms with Gasteiger partial charge in [-0.3, -0.25) is 4.79 Å². The zero-order valence-corrected chi connectivity index (χ0v) is 11.2. The molecule has 0 bridgehead atoms. The summed E-state index contributed by atoms with van der Waals surface area (Å²) in [6, 6.07) is 1.91. The van der Waals surface area contributed by atoms with E-state index in [0.717, 1.165) is 29.9 Å². The second kappa shape index (κ2) is 5.57. The fourth-order valence-electron chi connectivity index (χ4n) is 2.31. The molecule has 0 unspecified atom stereocenters. The van der Waals surface area contributed by atoms with Crippen molar-refractivity contribution < 1.29 is 18.7 Å². The number of ether oxygens (including phenoxy) is 2. The van der Waals surface area contributed by atoms with E-state index in [1.807, 2.05) is 26.8 Å². The Balaban J connectivity index is 1.86. The number of carbonyl (C=O) groups is 1. The molecule has 1 aromatic rings. The summed E-state index contributed by atoms with van der Waals surface area (Å²) in [6.07, 6.45) is 1.66. The molecule has 0 amide bonds. The van der Waals surface area contributed by atoms with Gasteiger partial charge in [-0.2, -0.15) is 0 Å². The summed E-state index contributed by atoms with van der Waals surface area (Å²) in [5.74, 6) is 1.52. The Labute approximate surface area is 107 Å². The van der Waals surface area contributed by atoms with Gasteiger partial charge in [-0.25, -0.2) is 0 Å². The molecule has 2 atom stereocenters. The zero-order valence-electron chi connectivity index (χ0n) is 11.2. The van der Waals surface area contributed by atoms with Crippen LogP contribution in [0.15, 0.2) is 10.5 Å². The average molecular weight is 252 g/mol. The van der Waals surface area contributed by atoms with E-state index in [4.69, 9.17) is 13.9 Å². The second-order valence-corrected chi connectivity index (χ2v) is 4.95. The molecule has 2 rings (SSSR count). The van der Waals surface area contributed by atoms with Crippen LogP contribution in [0.3, 0.4) is 0 Å². The number of hydrogen-bond acceptors (Lipinski definition) is 4. The molecule has 1 aromatic heterocycles. The zero-order chi connectivity index (χ0) is 13.1. The Morgan fingerprint density at radius 1 is 1.50 bits per heavy atom. The monoisotopic (exact) mass is 252 g/mol. The minimum atomic E-state index is -0.122. The van der Waals surface area contributed by atoms with Crippen LogP contribution in [-0.4, -0.2) is 18.7 Å². The third-order valence-electron chi connectivity index (χ3n) is 3.33. The minimum absolute atomic E-state index is 0.0259. The van der Waals surface area contributed by atoms with Crippen molar-refractivity contribution in [3.63, 3.8) is 0 Å². The summed E-state index contributed by atoms with van der Waals surface area (Å²) in [7, 11) is 0. The fraction of sp³-hybridized carbons (Fsp3) is 0.643. The highest BCUT2D eigenvalue weighted by molar-refractivity contribution is 5.72. The van der Waals surface area contributed by atoms with Gasteiger partial charge in [0.05, 0.1) is 12.0 Å². The first-order chi connectivity index (χ1) is 8.56. The van der Waals surface area contributed by atoms with Crippen molar-refractivity contribution in [1.82, 2.24) is 0 Å². The number of hydrogen-bond donors (Lipinski definition) is 0. The van der Waals surface area contributed by atoms with Gasteiger partial charge in [-0.15, -0.1) is 0 Å². The minimum Gasteiger partial charge on any atom is -0.466 e. The average Bonchev–Trinajstić information content (AvgIpc) is 2.65. The van der Waals surface area contributed by atoms with Crippen LogP contribution in [0.25, 0.3) is 0 Å². The number of aryl methyl sites for hydroxylation is 2. The Bertz CT molecular complexity index is 421. The first kappa shape index (κ1) is 13.1. The van der Waals surface area contributed by atoms with Crippen LogP contribution in [-0.2, 0) is 20.9 Å². The van der Waals surface area contributed by atoms with Crippen molar-refractivity contribution in [2.24, 2.45) is 5.92 Å². The van der Waals surface area contributed by atoms with Gasteiger partial charge in [-0.1, -0.05) is 0 Å². The lowest BCUT2D eigenvalue weighted by Crippen LogP contribution is -2.29. The van der Waals surface area contributed by atoms with Gasteiger partial charge < -0.3 is 13.9 Å². The van der Waals surface area contributed by atoms with Gasteiger partial charge >= 0.3 is 5.97 Å². The molecule has 4 nitrogen and oxygen atoms in total. The predicted octanol–water partition coefficient (Wildman–Crippen LogP) is 2.75. The molecule has 1 saturated heterocycles. The number of esters is 1. The van der Waals surface area contributed by atoms with E-state index in [2.05, 4.69) is 0 Å². The maximum Gasteiger partial charge on any atom is 0.309 e. The molecule has 100 valence electrons. The first-order valence-corrected chi connectivity index (χ1v) is 6.40. The molecule has 0 aliphatic carbocycles. The van der Waals surface area contributed by atoms with Crippen LogP contribution in [0, 0.1) is 19.8 Å². The van der Waals surface area contributed by atoms with Crippen molar-refractivity contribution in [1.29, 1.82) is 0 Å². The van der Waals surface area contributed by atoms with Crippen LogP contribution in [0.4, 0.5) is 0 Å². The second-order valence-electron chi connectivity index (χ2n) is 4.95. The van der Waals surface area contributed by atoms with Crippen molar-refractivity contribution >= 4 is 5.97 Å². The van der Waals surface area contributed by atoms with Crippen LogP contribution in [0.1, 0.15) is 36.8 Å². The number of carbonyl (C=O) groups excluding carboxylic acids is 1. The normalized spacial score (nSPS) is 23.9. The molecule has 1 aliphatic heterocycles. The Morgan fingerprint density at radius 2 is 2.28 bits per heavy atom. The molecule has 0 radical (unpaired) electrons. The van der Waals surface area contributed by atoms with Gasteiger partial charge in [0.25, 0.3) is 0 Å². The van der Waals surface area contributed by atoms with E-state index in [-0.39, 0.29) is 18.0 Å². The van der Waals surface area contributed by atoms with Gasteiger partial charge in [0.2, 0.25) is 0 Å². The molecular formula is C14H20O4. The summed E-state index contributed by atoms with van der Waals surface area (Å²) in [6.45, 7) is 6.70. The molecule has 0 spiro atoms. The lowest BCUT2D eigenvalue weighted by molar-refractivity contribution is -0.154. The maximum absolute atomic E-state index is 11.9. The standard InChI is InChI=1S/C14H20O4/c1-9-6-12(4-5-16-9)14(15)17-8-13-7-10(2)18-11(13)3/h7,9,12H,4-6,8H2,1-3H3/t9-,12+/m1/s1. The SMILES string of the molecule is Cc1cc(COC(=O)[C@H]2CCO[C@H](C)C2)c(C)o1. The molecule has 4 heteroatoms.